The first-order valence-corrected chi connectivity index (χ1v) is 4.15. The molecule has 2 heterocycles. The van der Waals surface area contributed by atoms with Crippen LogP contribution in [-0.2, 0) is 0 Å². The van der Waals surface area contributed by atoms with E-state index in [9.17, 15) is 10.2 Å². The molecule has 0 aromatic carbocycles. The summed E-state index contributed by atoms with van der Waals surface area (Å²) in [5, 5.41) is 22.3. The second-order valence-corrected chi connectivity index (χ2v) is 3.10. The Bertz CT molecular complexity index is 264. The Hall–Kier alpha value is -1.14. The lowest BCUT2D eigenvalue weighted by Crippen LogP contribution is -2.47. The van der Waals surface area contributed by atoms with Gasteiger partial charge in [-0.25, -0.2) is 0 Å². The monoisotopic (exact) mass is 185 g/mol. The molecule has 1 aliphatic rings. The lowest BCUT2D eigenvalue weighted by molar-refractivity contribution is 0.00761. The first-order chi connectivity index (χ1) is 6.27. The highest BCUT2D eigenvalue weighted by Crippen LogP contribution is 2.15. The van der Waals surface area contributed by atoms with E-state index >= 15 is 0 Å². The summed E-state index contributed by atoms with van der Waals surface area (Å²) in [5.41, 5.74) is 0. The van der Waals surface area contributed by atoms with Gasteiger partial charge in [0.25, 0.3) is 5.95 Å². The molecule has 2 rings (SSSR count). The van der Waals surface area contributed by atoms with Gasteiger partial charge in [0.15, 0.2) is 0 Å². The summed E-state index contributed by atoms with van der Waals surface area (Å²) < 4.78 is 4.58. The van der Waals surface area contributed by atoms with Crippen LogP contribution in [0.5, 0.6) is 0 Å². The number of nitrogens with zero attached hydrogens (tertiary/aromatic N) is 3. The van der Waals surface area contributed by atoms with Gasteiger partial charge in [-0.2, -0.15) is 4.98 Å². The minimum absolute atomic E-state index is 0.348. The van der Waals surface area contributed by atoms with Gasteiger partial charge in [-0.15, -0.1) is 0 Å². The van der Waals surface area contributed by atoms with Crippen LogP contribution in [0.3, 0.4) is 0 Å². The highest BCUT2D eigenvalue weighted by Gasteiger charge is 2.27. The van der Waals surface area contributed by atoms with Gasteiger partial charge in [0.05, 0.1) is 12.2 Å². The summed E-state index contributed by atoms with van der Waals surface area (Å²) in [5.74, 6) is 0.464. The number of aliphatic hydroxyl groups excluding tert-OH is 2. The third-order valence-electron chi connectivity index (χ3n) is 2.18. The number of aliphatic hydroxyl groups is 2. The fraction of sp³-hybridized carbons (Fsp3) is 0.714. The molecule has 0 bridgehead atoms. The Morgan fingerprint density at radius 1 is 1.46 bits per heavy atom. The van der Waals surface area contributed by atoms with Crippen molar-refractivity contribution in [3.8, 4) is 0 Å². The summed E-state index contributed by atoms with van der Waals surface area (Å²) >= 11 is 0. The second kappa shape index (κ2) is 3.31. The Labute approximate surface area is 74.8 Å². The molecule has 2 N–H and O–H groups in total. The SMILES string of the molecule is OC1CCN(c2ncon2)CC1O. The van der Waals surface area contributed by atoms with Crippen molar-refractivity contribution < 1.29 is 14.7 Å². The fourth-order valence-corrected chi connectivity index (χ4v) is 1.41. The molecule has 0 aliphatic carbocycles. The zero-order valence-corrected chi connectivity index (χ0v) is 7.00. The van der Waals surface area contributed by atoms with E-state index < -0.39 is 12.2 Å². The van der Waals surface area contributed by atoms with Crippen molar-refractivity contribution in [3.05, 3.63) is 6.39 Å². The minimum Gasteiger partial charge on any atom is -0.390 e. The van der Waals surface area contributed by atoms with Crippen molar-refractivity contribution >= 4 is 5.95 Å². The van der Waals surface area contributed by atoms with Crippen LogP contribution >= 0.6 is 0 Å². The van der Waals surface area contributed by atoms with Crippen molar-refractivity contribution in [1.82, 2.24) is 10.1 Å². The molecule has 2 unspecified atom stereocenters. The maximum absolute atomic E-state index is 9.37. The third kappa shape index (κ3) is 1.63. The molecule has 2 atom stereocenters. The molecule has 1 saturated heterocycles. The summed E-state index contributed by atoms with van der Waals surface area (Å²) in [6.45, 7) is 0.985. The standard InChI is InChI=1S/C7H11N3O3/c11-5-1-2-10(3-6(5)12)7-8-4-13-9-7/h4-6,11-12H,1-3H2. The fourth-order valence-electron chi connectivity index (χ4n) is 1.41. The predicted octanol–water partition coefficient (Wildman–Crippen LogP) is -0.999. The van der Waals surface area contributed by atoms with Gasteiger partial charge in [0.1, 0.15) is 0 Å². The van der Waals surface area contributed by atoms with Crippen LogP contribution in [0, 0.1) is 0 Å². The number of rotatable bonds is 1. The number of hydrogen-bond acceptors (Lipinski definition) is 6. The number of anilines is 1. The molecule has 13 heavy (non-hydrogen) atoms. The number of piperidine rings is 1. The zero-order valence-electron chi connectivity index (χ0n) is 7.00. The van der Waals surface area contributed by atoms with E-state index in [1.807, 2.05) is 0 Å². The van der Waals surface area contributed by atoms with Crippen molar-refractivity contribution in [2.75, 3.05) is 18.0 Å². The van der Waals surface area contributed by atoms with Crippen molar-refractivity contribution in [2.45, 2.75) is 18.6 Å². The molecule has 72 valence electrons. The van der Waals surface area contributed by atoms with Crippen LogP contribution in [0.4, 0.5) is 5.95 Å². The van der Waals surface area contributed by atoms with Gasteiger partial charge in [-0.05, 0) is 11.6 Å². The van der Waals surface area contributed by atoms with Gasteiger partial charge in [0.2, 0.25) is 6.39 Å². The lowest BCUT2D eigenvalue weighted by Gasteiger charge is -2.32. The lowest BCUT2D eigenvalue weighted by atomic mass is 10.1. The average molecular weight is 185 g/mol. The van der Waals surface area contributed by atoms with E-state index in [1.165, 1.54) is 6.39 Å². The highest BCUT2D eigenvalue weighted by atomic mass is 16.5. The maximum Gasteiger partial charge on any atom is 0.265 e. The van der Waals surface area contributed by atoms with E-state index in [4.69, 9.17) is 0 Å². The smallest absolute Gasteiger partial charge is 0.265 e. The van der Waals surface area contributed by atoms with Crippen LogP contribution in [-0.4, -0.2) is 45.7 Å². The Balaban J connectivity index is 2.03. The second-order valence-electron chi connectivity index (χ2n) is 3.10. The normalized spacial score (nSPS) is 29.2. The third-order valence-corrected chi connectivity index (χ3v) is 2.18. The molecular formula is C7H11N3O3. The van der Waals surface area contributed by atoms with E-state index in [-0.39, 0.29) is 0 Å². The Morgan fingerprint density at radius 2 is 2.31 bits per heavy atom. The topological polar surface area (TPSA) is 82.6 Å². The van der Waals surface area contributed by atoms with E-state index in [0.29, 0.717) is 25.5 Å². The van der Waals surface area contributed by atoms with Crippen LogP contribution in [0.15, 0.2) is 10.9 Å². The summed E-state index contributed by atoms with van der Waals surface area (Å²) in [4.78, 5) is 5.63. The summed E-state index contributed by atoms with van der Waals surface area (Å²) in [6.07, 6.45) is 0.401. The van der Waals surface area contributed by atoms with Crippen molar-refractivity contribution in [2.24, 2.45) is 0 Å². The van der Waals surface area contributed by atoms with Crippen LogP contribution in [0.1, 0.15) is 6.42 Å². The van der Waals surface area contributed by atoms with Crippen LogP contribution in [0.25, 0.3) is 0 Å². The Kier molecular flexibility index (Phi) is 2.15. The first kappa shape index (κ1) is 8.46. The largest absolute Gasteiger partial charge is 0.390 e. The number of hydrogen-bond donors (Lipinski definition) is 2. The van der Waals surface area contributed by atoms with Crippen molar-refractivity contribution in [1.29, 1.82) is 0 Å². The molecule has 1 aromatic heterocycles. The zero-order chi connectivity index (χ0) is 9.26. The molecule has 0 amide bonds. The molecule has 1 aromatic rings. The minimum atomic E-state index is -0.729. The highest BCUT2D eigenvalue weighted by molar-refractivity contribution is 5.27. The molecule has 0 saturated carbocycles. The molecule has 1 fully saturated rings. The molecule has 6 heteroatoms. The molecule has 0 radical (unpaired) electrons. The van der Waals surface area contributed by atoms with Gasteiger partial charge < -0.3 is 19.6 Å². The van der Waals surface area contributed by atoms with E-state index in [2.05, 4.69) is 14.7 Å². The van der Waals surface area contributed by atoms with E-state index in [0.717, 1.165) is 0 Å². The van der Waals surface area contributed by atoms with Crippen LogP contribution in [0.2, 0.25) is 0 Å². The predicted molar refractivity (Wildman–Crippen MR) is 43.1 cm³/mol. The molecular weight excluding hydrogens is 174 g/mol. The van der Waals surface area contributed by atoms with Gasteiger partial charge in [0, 0.05) is 13.1 Å². The number of β-amino-alcohol motifs (C(OH)–C–C–N with tert-alkyl or cyclic N) is 1. The van der Waals surface area contributed by atoms with Crippen LogP contribution < -0.4 is 4.90 Å². The maximum atomic E-state index is 9.37. The Morgan fingerprint density at radius 3 is 2.92 bits per heavy atom. The van der Waals surface area contributed by atoms with Crippen molar-refractivity contribution in [3.63, 3.8) is 0 Å². The molecule has 1 aliphatic heterocycles. The summed E-state index contributed by atoms with van der Waals surface area (Å²) in [7, 11) is 0. The molecule has 0 spiro atoms. The quantitative estimate of drug-likeness (QED) is 0.584. The molecule has 6 nitrogen and oxygen atoms in total. The number of aromatic nitrogens is 2. The first-order valence-electron chi connectivity index (χ1n) is 4.15. The van der Waals surface area contributed by atoms with Gasteiger partial charge in [-0.3, -0.25) is 0 Å². The van der Waals surface area contributed by atoms with Gasteiger partial charge in [-0.1, -0.05) is 0 Å². The average Bonchev–Trinajstić information content (AvgIpc) is 2.62. The summed E-state index contributed by atoms with van der Waals surface area (Å²) in [6, 6.07) is 0. The van der Waals surface area contributed by atoms with Gasteiger partial charge >= 0.3 is 0 Å². The van der Waals surface area contributed by atoms with E-state index in [1.54, 1.807) is 4.90 Å².